The molecule has 0 aliphatic rings. The molecule has 0 aliphatic heterocycles. The van der Waals surface area contributed by atoms with Crippen molar-refractivity contribution in [2.24, 2.45) is 0 Å². The number of aliphatic hydroxyl groups is 1. The SMILES string of the molecule is O=S(=O)(c1ccc(Cl)cc1)c1occc1C=CC(O)c1nn[nH]n1. The molecule has 124 valence electrons. The summed E-state index contributed by atoms with van der Waals surface area (Å²) in [5.74, 6) is 0.0665. The summed E-state index contributed by atoms with van der Waals surface area (Å²) in [7, 11) is -3.85. The van der Waals surface area contributed by atoms with Crippen LogP contribution in [0.25, 0.3) is 6.08 Å². The van der Waals surface area contributed by atoms with Gasteiger partial charge in [0.15, 0.2) is 0 Å². The second-order valence-corrected chi connectivity index (χ2v) is 6.98. The van der Waals surface area contributed by atoms with Crippen LogP contribution in [0.5, 0.6) is 0 Å². The molecule has 0 spiro atoms. The highest BCUT2D eigenvalue weighted by molar-refractivity contribution is 7.91. The fourth-order valence-corrected chi connectivity index (χ4v) is 3.41. The van der Waals surface area contributed by atoms with Crippen LogP contribution in [0, 0.1) is 0 Å². The minimum absolute atomic E-state index is 0.0511. The summed E-state index contributed by atoms with van der Waals surface area (Å²) < 4.78 is 30.4. The van der Waals surface area contributed by atoms with Crippen molar-refractivity contribution in [3.63, 3.8) is 0 Å². The van der Waals surface area contributed by atoms with E-state index in [9.17, 15) is 13.5 Å². The lowest BCUT2D eigenvalue weighted by Gasteiger charge is -2.03. The molecule has 8 nitrogen and oxygen atoms in total. The largest absolute Gasteiger partial charge is 0.452 e. The maximum Gasteiger partial charge on any atom is 0.240 e. The molecule has 10 heteroatoms. The molecule has 0 radical (unpaired) electrons. The Balaban J connectivity index is 1.91. The number of rotatable bonds is 5. The molecule has 0 amide bonds. The summed E-state index contributed by atoms with van der Waals surface area (Å²) in [6, 6.07) is 7.21. The van der Waals surface area contributed by atoms with E-state index in [1.165, 1.54) is 48.7 Å². The zero-order valence-electron chi connectivity index (χ0n) is 12.0. The van der Waals surface area contributed by atoms with Crippen molar-refractivity contribution in [1.29, 1.82) is 0 Å². The first-order valence-electron chi connectivity index (χ1n) is 6.66. The fourth-order valence-electron chi connectivity index (χ4n) is 1.94. The van der Waals surface area contributed by atoms with Gasteiger partial charge in [-0.25, -0.2) is 8.42 Å². The molecule has 2 heterocycles. The molecule has 0 saturated carbocycles. The molecule has 0 bridgehead atoms. The molecule has 3 aromatic rings. The first kappa shape index (κ1) is 16.4. The van der Waals surface area contributed by atoms with Gasteiger partial charge in [0.1, 0.15) is 6.10 Å². The van der Waals surface area contributed by atoms with Gasteiger partial charge in [0.05, 0.1) is 11.2 Å². The average molecular weight is 367 g/mol. The standard InChI is InChI=1S/C14H11ClN4O4S/c15-10-2-4-11(5-3-10)24(21,22)14-9(7-8-23-14)1-6-12(20)13-16-18-19-17-13/h1-8,12,20H,(H,16,17,18,19). The Labute approximate surface area is 141 Å². The first-order chi connectivity index (χ1) is 11.5. The third-order valence-electron chi connectivity index (χ3n) is 3.11. The van der Waals surface area contributed by atoms with Crippen molar-refractivity contribution < 1.29 is 17.9 Å². The number of furan rings is 1. The molecule has 2 N–H and O–H groups in total. The number of aromatic amines is 1. The second kappa shape index (κ2) is 6.56. The number of aliphatic hydroxyl groups excluding tert-OH is 1. The van der Waals surface area contributed by atoms with Crippen LogP contribution in [0.15, 0.2) is 57.1 Å². The van der Waals surface area contributed by atoms with Crippen LogP contribution < -0.4 is 0 Å². The number of nitrogens with zero attached hydrogens (tertiary/aromatic N) is 3. The van der Waals surface area contributed by atoms with Crippen molar-refractivity contribution in [2.75, 3.05) is 0 Å². The van der Waals surface area contributed by atoms with Crippen molar-refractivity contribution in [1.82, 2.24) is 20.6 Å². The summed E-state index contributed by atoms with van der Waals surface area (Å²) in [4.78, 5) is 0.0511. The number of nitrogens with one attached hydrogen (secondary N) is 1. The number of hydrogen-bond acceptors (Lipinski definition) is 7. The van der Waals surface area contributed by atoms with Gasteiger partial charge in [-0.2, -0.15) is 5.21 Å². The van der Waals surface area contributed by atoms with Gasteiger partial charge in [-0.1, -0.05) is 22.9 Å². The predicted octanol–water partition coefficient (Wildman–Crippen LogP) is 2.03. The van der Waals surface area contributed by atoms with Gasteiger partial charge in [0.2, 0.25) is 20.8 Å². The van der Waals surface area contributed by atoms with Crippen LogP contribution in [0.3, 0.4) is 0 Å². The van der Waals surface area contributed by atoms with Crippen molar-refractivity contribution in [3.8, 4) is 0 Å². The summed E-state index contributed by atoms with van der Waals surface area (Å²) in [5.41, 5.74) is 0.285. The number of halogens is 1. The van der Waals surface area contributed by atoms with Gasteiger partial charge in [-0.05, 0) is 36.4 Å². The minimum atomic E-state index is -3.85. The number of tetrazole rings is 1. The van der Waals surface area contributed by atoms with Gasteiger partial charge in [0, 0.05) is 10.6 Å². The van der Waals surface area contributed by atoms with Crippen LogP contribution in [-0.2, 0) is 9.84 Å². The van der Waals surface area contributed by atoms with Gasteiger partial charge in [-0.3, -0.25) is 0 Å². The number of hydrogen-bond donors (Lipinski definition) is 2. The van der Waals surface area contributed by atoms with Crippen LogP contribution in [0.2, 0.25) is 5.02 Å². The Bertz CT molecular complexity index is 949. The van der Waals surface area contributed by atoms with Crippen LogP contribution >= 0.6 is 11.6 Å². The minimum Gasteiger partial charge on any atom is -0.452 e. The Kier molecular flexibility index (Phi) is 4.47. The Morgan fingerprint density at radius 3 is 2.67 bits per heavy atom. The van der Waals surface area contributed by atoms with E-state index in [4.69, 9.17) is 16.0 Å². The van der Waals surface area contributed by atoms with E-state index < -0.39 is 15.9 Å². The number of H-pyrrole nitrogens is 1. The van der Waals surface area contributed by atoms with E-state index in [0.717, 1.165) is 0 Å². The average Bonchev–Trinajstić information content (AvgIpc) is 3.24. The summed E-state index contributed by atoms with van der Waals surface area (Å²) in [6.07, 6.45) is 2.86. The highest BCUT2D eigenvalue weighted by Crippen LogP contribution is 2.27. The first-order valence-corrected chi connectivity index (χ1v) is 8.52. The molecule has 1 aromatic carbocycles. The fraction of sp³-hybridized carbons (Fsp3) is 0.0714. The lowest BCUT2D eigenvalue weighted by atomic mass is 10.2. The molecule has 1 unspecified atom stereocenters. The van der Waals surface area contributed by atoms with E-state index >= 15 is 0 Å². The lowest BCUT2D eigenvalue weighted by Crippen LogP contribution is -2.02. The quantitative estimate of drug-likeness (QED) is 0.708. The highest BCUT2D eigenvalue weighted by atomic mass is 35.5. The molecular formula is C14H11ClN4O4S. The third-order valence-corrected chi connectivity index (χ3v) is 5.08. The smallest absolute Gasteiger partial charge is 0.240 e. The maximum atomic E-state index is 12.6. The number of benzene rings is 1. The summed E-state index contributed by atoms with van der Waals surface area (Å²) in [5, 5.41) is 22.9. The molecule has 0 saturated heterocycles. The zero-order valence-corrected chi connectivity index (χ0v) is 13.6. The van der Waals surface area contributed by atoms with E-state index in [1.807, 2.05) is 0 Å². The molecule has 2 aromatic heterocycles. The van der Waals surface area contributed by atoms with Crippen molar-refractivity contribution in [3.05, 3.63) is 59.1 Å². The Morgan fingerprint density at radius 2 is 2.00 bits per heavy atom. The zero-order chi connectivity index (χ0) is 17.2. The van der Waals surface area contributed by atoms with Crippen LogP contribution in [0.4, 0.5) is 0 Å². The summed E-state index contributed by atoms with van der Waals surface area (Å²) in [6.45, 7) is 0. The Hall–Kier alpha value is -2.49. The van der Waals surface area contributed by atoms with E-state index in [1.54, 1.807) is 0 Å². The van der Waals surface area contributed by atoms with Gasteiger partial charge >= 0.3 is 0 Å². The maximum absolute atomic E-state index is 12.6. The highest BCUT2D eigenvalue weighted by Gasteiger charge is 2.24. The number of aromatic nitrogens is 4. The topological polar surface area (TPSA) is 122 Å². The van der Waals surface area contributed by atoms with Gasteiger partial charge in [0.25, 0.3) is 0 Å². The van der Waals surface area contributed by atoms with Crippen molar-refractivity contribution >= 4 is 27.5 Å². The van der Waals surface area contributed by atoms with Crippen LogP contribution in [-0.4, -0.2) is 34.1 Å². The second-order valence-electron chi connectivity index (χ2n) is 4.69. The third kappa shape index (κ3) is 3.23. The predicted molar refractivity (Wildman–Crippen MR) is 83.8 cm³/mol. The molecular weight excluding hydrogens is 356 g/mol. The molecule has 24 heavy (non-hydrogen) atoms. The van der Waals surface area contributed by atoms with Gasteiger partial charge < -0.3 is 9.52 Å². The molecule has 0 fully saturated rings. The molecule has 3 rings (SSSR count). The van der Waals surface area contributed by atoms with E-state index in [-0.39, 0.29) is 21.4 Å². The van der Waals surface area contributed by atoms with Crippen molar-refractivity contribution in [2.45, 2.75) is 16.1 Å². The molecule has 1 atom stereocenters. The summed E-state index contributed by atoms with van der Waals surface area (Å²) >= 11 is 5.77. The van der Waals surface area contributed by atoms with E-state index in [2.05, 4.69) is 20.6 Å². The number of sulfone groups is 1. The Morgan fingerprint density at radius 1 is 1.25 bits per heavy atom. The normalized spacial score (nSPS) is 13.4. The van der Waals surface area contributed by atoms with E-state index in [0.29, 0.717) is 5.02 Å². The van der Waals surface area contributed by atoms with Crippen LogP contribution in [0.1, 0.15) is 17.5 Å². The monoisotopic (exact) mass is 366 g/mol. The lowest BCUT2D eigenvalue weighted by molar-refractivity contribution is 0.219. The molecule has 0 aliphatic carbocycles. The van der Waals surface area contributed by atoms with Gasteiger partial charge in [-0.15, -0.1) is 10.2 Å².